The van der Waals surface area contributed by atoms with Crippen LogP contribution in [-0.4, -0.2) is 47.7 Å². The number of methoxy groups -OCH3 is 1. The molecule has 0 amide bonds. The molecule has 0 bridgehead atoms. The van der Waals surface area contributed by atoms with Gasteiger partial charge in [0.25, 0.3) is 0 Å². The van der Waals surface area contributed by atoms with Crippen LogP contribution in [0.5, 0.6) is 0 Å². The zero-order valence-corrected chi connectivity index (χ0v) is 11.7. The number of aryl methyl sites for hydroxylation is 2. The summed E-state index contributed by atoms with van der Waals surface area (Å²) in [6.07, 6.45) is 2.18. The summed E-state index contributed by atoms with van der Waals surface area (Å²) < 4.78 is 6.89. The third kappa shape index (κ3) is 2.73. The Labute approximate surface area is 113 Å². The standard InChI is InChI=1S/C13H21N3O3/c1-9-11(13(17)18)12(15(2)14-9)16-6-4-5-10(7-16)8-19-3/h10H,4-8H2,1-3H3,(H,17,18). The van der Waals surface area contributed by atoms with E-state index in [2.05, 4.69) is 10.00 Å². The van der Waals surface area contributed by atoms with Crippen molar-refractivity contribution in [1.29, 1.82) is 0 Å². The van der Waals surface area contributed by atoms with Gasteiger partial charge in [-0.2, -0.15) is 5.10 Å². The second kappa shape index (κ2) is 5.61. The molecule has 1 aliphatic heterocycles. The summed E-state index contributed by atoms with van der Waals surface area (Å²) in [5.41, 5.74) is 0.888. The van der Waals surface area contributed by atoms with E-state index >= 15 is 0 Å². The second-order valence-corrected chi connectivity index (χ2v) is 5.12. The van der Waals surface area contributed by atoms with E-state index in [9.17, 15) is 9.90 Å². The van der Waals surface area contributed by atoms with Crippen molar-refractivity contribution in [2.75, 3.05) is 31.7 Å². The quantitative estimate of drug-likeness (QED) is 0.890. The van der Waals surface area contributed by atoms with E-state index in [0.29, 0.717) is 23.0 Å². The van der Waals surface area contributed by atoms with E-state index in [-0.39, 0.29) is 0 Å². The Balaban J connectivity index is 2.28. The normalized spacial score (nSPS) is 19.7. The fourth-order valence-corrected chi connectivity index (χ4v) is 2.89. The maximum Gasteiger partial charge on any atom is 0.341 e. The Hall–Kier alpha value is -1.56. The highest BCUT2D eigenvalue weighted by Gasteiger charge is 2.28. The van der Waals surface area contributed by atoms with E-state index in [1.165, 1.54) is 0 Å². The summed E-state index contributed by atoms with van der Waals surface area (Å²) in [6.45, 7) is 4.16. The lowest BCUT2D eigenvalue weighted by Crippen LogP contribution is -2.38. The first kappa shape index (κ1) is 13.9. The molecule has 6 heteroatoms. The molecule has 2 heterocycles. The van der Waals surface area contributed by atoms with E-state index in [1.807, 2.05) is 0 Å². The van der Waals surface area contributed by atoms with Crippen molar-refractivity contribution >= 4 is 11.8 Å². The molecule has 0 saturated carbocycles. The first-order valence-electron chi connectivity index (χ1n) is 6.55. The number of aromatic nitrogens is 2. The van der Waals surface area contributed by atoms with Gasteiger partial charge in [0.05, 0.1) is 12.3 Å². The van der Waals surface area contributed by atoms with Gasteiger partial charge in [-0.3, -0.25) is 4.68 Å². The Kier molecular flexibility index (Phi) is 4.09. The van der Waals surface area contributed by atoms with Gasteiger partial charge in [-0.05, 0) is 25.7 Å². The lowest BCUT2D eigenvalue weighted by Gasteiger charge is -2.34. The minimum Gasteiger partial charge on any atom is -0.477 e. The largest absolute Gasteiger partial charge is 0.477 e. The summed E-state index contributed by atoms with van der Waals surface area (Å²) in [5, 5.41) is 13.6. The van der Waals surface area contributed by atoms with Crippen LogP contribution in [0.15, 0.2) is 0 Å². The number of carboxylic acid groups (broad SMARTS) is 1. The van der Waals surface area contributed by atoms with Gasteiger partial charge in [-0.25, -0.2) is 4.79 Å². The molecule has 1 aromatic heterocycles. The van der Waals surface area contributed by atoms with Gasteiger partial charge in [0.2, 0.25) is 0 Å². The third-order valence-corrected chi connectivity index (χ3v) is 3.63. The van der Waals surface area contributed by atoms with Crippen molar-refractivity contribution < 1.29 is 14.6 Å². The minimum atomic E-state index is -0.908. The average molecular weight is 267 g/mol. The van der Waals surface area contributed by atoms with Crippen LogP contribution in [0, 0.1) is 12.8 Å². The van der Waals surface area contributed by atoms with Gasteiger partial charge >= 0.3 is 5.97 Å². The number of rotatable bonds is 4. The van der Waals surface area contributed by atoms with Crippen LogP contribution < -0.4 is 4.90 Å². The summed E-state index contributed by atoms with van der Waals surface area (Å²) >= 11 is 0. The molecule has 1 unspecified atom stereocenters. The number of ether oxygens (including phenoxy) is 1. The lowest BCUT2D eigenvalue weighted by molar-refractivity contribution is 0.0696. The fourth-order valence-electron chi connectivity index (χ4n) is 2.89. The van der Waals surface area contributed by atoms with E-state index < -0.39 is 5.97 Å². The van der Waals surface area contributed by atoms with Crippen molar-refractivity contribution in [3.8, 4) is 0 Å². The molecule has 0 aromatic carbocycles. The van der Waals surface area contributed by atoms with Crippen LogP contribution in [-0.2, 0) is 11.8 Å². The van der Waals surface area contributed by atoms with Gasteiger partial charge in [-0.15, -0.1) is 0 Å². The van der Waals surface area contributed by atoms with Gasteiger partial charge < -0.3 is 14.7 Å². The topological polar surface area (TPSA) is 67.6 Å². The molecule has 0 aliphatic carbocycles. The van der Waals surface area contributed by atoms with Crippen molar-refractivity contribution in [2.24, 2.45) is 13.0 Å². The van der Waals surface area contributed by atoms with Gasteiger partial charge in [0.15, 0.2) is 0 Å². The summed E-state index contributed by atoms with van der Waals surface area (Å²) in [5.74, 6) is 0.260. The Morgan fingerprint density at radius 2 is 2.32 bits per heavy atom. The summed E-state index contributed by atoms with van der Waals surface area (Å²) in [6, 6.07) is 0. The van der Waals surface area contributed by atoms with E-state index in [0.717, 1.165) is 32.5 Å². The highest BCUT2D eigenvalue weighted by Crippen LogP contribution is 2.28. The summed E-state index contributed by atoms with van der Waals surface area (Å²) in [4.78, 5) is 13.5. The van der Waals surface area contributed by atoms with Crippen LogP contribution >= 0.6 is 0 Å². The predicted molar refractivity (Wildman–Crippen MR) is 71.7 cm³/mol. The fraction of sp³-hybridized carbons (Fsp3) is 0.692. The van der Waals surface area contributed by atoms with E-state index in [1.54, 1.807) is 25.8 Å². The maximum absolute atomic E-state index is 11.4. The Morgan fingerprint density at radius 1 is 1.58 bits per heavy atom. The van der Waals surface area contributed by atoms with Crippen LogP contribution in [0.2, 0.25) is 0 Å². The van der Waals surface area contributed by atoms with Gasteiger partial charge in [0, 0.05) is 27.2 Å². The third-order valence-electron chi connectivity index (χ3n) is 3.63. The van der Waals surface area contributed by atoms with Gasteiger partial charge in [-0.1, -0.05) is 0 Å². The molecule has 1 N–H and O–H groups in total. The molecular weight excluding hydrogens is 246 g/mol. The molecular formula is C13H21N3O3. The first-order valence-corrected chi connectivity index (χ1v) is 6.55. The van der Waals surface area contributed by atoms with Crippen molar-refractivity contribution in [3.05, 3.63) is 11.3 Å². The molecule has 6 nitrogen and oxygen atoms in total. The summed E-state index contributed by atoms with van der Waals surface area (Å²) in [7, 11) is 3.50. The lowest BCUT2D eigenvalue weighted by atomic mass is 9.98. The van der Waals surface area contributed by atoms with Crippen LogP contribution in [0.3, 0.4) is 0 Å². The number of anilines is 1. The zero-order valence-electron chi connectivity index (χ0n) is 11.7. The molecule has 1 aliphatic rings. The van der Waals surface area contributed by atoms with E-state index in [4.69, 9.17) is 4.74 Å². The first-order chi connectivity index (χ1) is 9.04. The van der Waals surface area contributed by atoms with Crippen molar-refractivity contribution in [2.45, 2.75) is 19.8 Å². The molecule has 1 fully saturated rings. The zero-order chi connectivity index (χ0) is 14.0. The average Bonchev–Trinajstić information content (AvgIpc) is 2.65. The van der Waals surface area contributed by atoms with Crippen LogP contribution in [0.25, 0.3) is 0 Å². The molecule has 1 aromatic rings. The molecule has 106 valence electrons. The van der Waals surface area contributed by atoms with Gasteiger partial charge in [0.1, 0.15) is 11.4 Å². The SMILES string of the molecule is COCC1CCCN(c2c(C(=O)O)c(C)nn2C)C1. The van der Waals surface area contributed by atoms with Crippen LogP contribution in [0.1, 0.15) is 28.9 Å². The second-order valence-electron chi connectivity index (χ2n) is 5.12. The number of carboxylic acids is 1. The molecule has 0 spiro atoms. The molecule has 0 radical (unpaired) electrons. The number of piperidine rings is 1. The Morgan fingerprint density at radius 3 is 2.95 bits per heavy atom. The number of hydrogen-bond acceptors (Lipinski definition) is 4. The smallest absolute Gasteiger partial charge is 0.341 e. The monoisotopic (exact) mass is 267 g/mol. The molecule has 19 heavy (non-hydrogen) atoms. The number of hydrogen-bond donors (Lipinski definition) is 1. The number of nitrogens with zero attached hydrogens (tertiary/aromatic N) is 3. The molecule has 1 saturated heterocycles. The molecule has 1 atom stereocenters. The van der Waals surface area contributed by atoms with Crippen molar-refractivity contribution in [1.82, 2.24) is 9.78 Å². The van der Waals surface area contributed by atoms with Crippen LogP contribution in [0.4, 0.5) is 5.82 Å². The minimum absolute atomic E-state index is 0.320. The van der Waals surface area contributed by atoms with Crippen molar-refractivity contribution in [3.63, 3.8) is 0 Å². The Bertz CT molecular complexity index is 468. The predicted octanol–water partition coefficient (Wildman–Crippen LogP) is 1.29. The molecule has 2 rings (SSSR count). The number of carbonyl (C=O) groups is 1. The maximum atomic E-state index is 11.4. The highest BCUT2D eigenvalue weighted by atomic mass is 16.5. The highest BCUT2D eigenvalue weighted by molar-refractivity contribution is 5.94. The number of aromatic carboxylic acids is 1.